The molecular weight excluding hydrogens is 248 g/mol. The van der Waals surface area contributed by atoms with Crippen molar-refractivity contribution in [2.75, 3.05) is 13.1 Å². The van der Waals surface area contributed by atoms with Crippen LogP contribution in [0, 0.1) is 11.8 Å². The lowest BCUT2D eigenvalue weighted by Crippen LogP contribution is -2.38. The van der Waals surface area contributed by atoms with Crippen LogP contribution in [0.15, 0.2) is 16.7 Å². The molecular formula is C17H30N2O. The van der Waals surface area contributed by atoms with Crippen LogP contribution in [0.5, 0.6) is 0 Å². The highest BCUT2D eigenvalue weighted by atomic mass is 16.3. The van der Waals surface area contributed by atoms with E-state index in [2.05, 4.69) is 50.9 Å². The lowest BCUT2D eigenvalue weighted by Gasteiger charge is -2.35. The number of furan rings is 1. The van der Waals surface area contributed by atoms with Gasteiger partial charge in [0.05, 0.1) is 12.8 Å². The average molecular weight is 278 g/mol. The summed E-state index contributed by atoms with van der Waals surface area (Å²) in [5, 5.41) is 3.51. The average Bonchev–Trinajstić information content (AvgIpc) is 2.78. The SMILES string of the molecule is CC1CCN(Cc2ccoc2CNC(C)(C)C)CC1C. The maximum Gasteiger partial charge on any atom is 0.122 e. The minimum atomic E-state index is 0.124. The highest BCUT2D eigenvalue weighted by Gasteiger charge is 2.23. The fraction of sp³-hybridized carbons (Fsp3) is 0.765. The van der Waals surface area contributed by atoms with Crippen LogP contribution in [-0.4, -0.2) is 23.5 Å². The van der Waals surface area contributed by atoms with Crippen LogP contribution in [0.3, 0.4) is 0 Å². The first-order valence-corrected chi connectivity index (χ1v) is 7.88. The number of nitrogens with one attached hydrogen (secondary N) is 1. The molecule has 0 radical (unpaired) electrons. The van der Waals surface area contributed by atoms with E-state index < -0.39 is 0 Å². The van der Waals surface area contributed by atoms with Gasteiger partial charge in [-0.2, -0.15) is 0 Å². The third kappa shape index (κ3) is 4.35. The first-order valence-electron chi connectivity index (χ1n) is 7.88. The lowest BCUT2D eigenvalue weighted by atomic mass is 9.88. The second kappa shape index (κ2) is 6.31. The Labute approximate surface area is 123 Å². The molecule has 2 rings (SSSR count). The van der Waals surface area contributed by atoms with Crippen molar-refractivity contribution in [1.29, 1.82) is 0 Å². The summed E-state index contributed by atoms with van der Waals surface area (Å²) in [5.41, 5.74) is 1.46. The van der Waals surface area contributed by atoms with Crippen LogP contribution >= 0.6 is 0 Å². The molecule has 0 saturated carbocycles. The van der Waals surface area contributed by atoms with Gasteiger partial charge >= 0.3 is 0 Å². The number of hydrogen-bond acceptors (Lipinski definition) is 3. The zero-order chi connectivity index (χ0) is 14.8. The van der Waals surface area contributed by atoms with E-state index in [0.29, 0.717) is 0 Å². The topological polar surface area (TPSA) is 28.4 Å². The van der Waals surface area contributed by atoms with Crippen molar-refractivity contribution < 1.29 is 4.42 Å². The van der Waals surface area contributed by atoms with Gasteiger partial charge in [0.15, 0.2) is 0 Å². The van der Waals surface area contributed by atoms with E-state index in [1.807, 2.05) is 6.26 Å². The van der Waals surface area contributed by atoms with Gasteiger partial charge in [-0.3, -0.25) is 4.90 Å². The molecule has 2 unspecified atom stereocenters. The Hall–Kier alpha value is -0.800. The third-order valence-electron chi connectivity index (χ3n) is 4.43. The number of nitrogens with zero attached hydrogens (tertiary/aromatic N) is 1. The smallest absolute Gasteiger partial charge is 0.122 e. The van der Waals surface area contributed by atoms with E-state index in [1.54, 1.807) is 0 Å². The van der Waals surface area contributed by atoms with Gasteiger partial charge in [-0.05, 0) is 51.6 Å². The molecule has 0 aliphatic carbocycles. The molecule has 0 amide bonds. The molecule has 1 aliphatic rings. The van der Waals surface area contributed by atoms with Crippen molar-refractivity contribution in [1.82, 2.24) is 10.2 Å². The Morgan fingerprint density at radius 1 is 1.30 bits per heavy atom. The second-order valence-electron chi connectivity index (χ2n) is 7.45. The van der Waals surface area contributed by atoms with Gasteiger partial charge in [-0.15, -0.1) is 0 Å². The predicted octanol–water partition coefficient (Wildman–Crippen LogP) is 3.65. The fourth-order valence-electron chi connectivity index (χ4n) is 2.74. The molecule has 0 aromatic carbocycles. The molecule has 2 atom stereocenters. The van der Waals surface area contributed by atoms with Gasteiger partial charge in [-0.1, -0.05) is 13.8 Å². The zero-order valence-electron chi connectivity index (χ0n) is 13.7. The van der Waals surface area contributed by atoms with Crippen LogP contribution in [0.2, 0.25) is 0 Å². The van der Waals surface area contributed by atoms with Crippen LogP contribution in [0.25, 0.3) is 0 Å². The third-order valence-corrected chi connectivity index (χ3v) is 4.43. The van der Waals surface area contributed by atoms with Crippen LogP contribution in [-0.2, 0) is 13.1 Å². The minimum absolute atomic E-state index is 0.124. The number of piperidine rings is 1. The Balaban J connectivity index is 1.92. The van der Waals surface area contributed by atoms with Gasteiger partial charge in [-0.25, -0.2) is 0 Å². The molecule has 0 bridgehead atoms. The van der Waals surface area contributed by atoms with Crippen molar-refractivity contribution in [2.45, 2.75) is 59.7 Å². The number of rotatable bonds is 4. The van der Waals surface area contributed by atoms with E-state index in [9.17, 15) is 0 Å². The summed E-state index contributed by atoms with van der Waals surface area (Å²) < 4.78 is 5.66. The van der Waals surface area contributed by atoms with Crippen LogP contribution in [0.4, 0.5) is 0 Å². The standard InChI is InChI=1S/C17H30N2O/c1-13-6-8-19(11-14(13)2)12-15-7-9-20-16(15)10-18-17(3,4)5/h7,9,13-14,18H,6,8,10-12H2,1-5H3. The summed E-state index contributed by atoms with van der Waals surface area (Å²) in [5.74, 6) is 2.75. The molecule has 3 nitrogen and oxygen atoms in total. The maximum atomic E-state index is 5.66. The quantitative estimate of drug-likeness (QED) is 0.911. The summed E-state index contributed by atoms with van der Waals surface area (Å²) in [4.78, 5) is 2.57. The Bertz CT molecular complexity index is 419. The lowest BCUT2D eigenvalue weighted by molar-refractivity contribution is 0.131. The normalized spacial score (nSPS) is 25.1. The minimum Gasteiger partial charge on any atom is -0.468 e. The van der Waals surface area contributed by atoms with Crippen molar-refractivity contribution in [2.24, 2.45) is 11.8 Å². The van der Waals surface area contributed by atoms with Crippen LogP contribution in [0.1, 0.15) is 52.4 Å². The molecule has 1 aliphatic heterocycles. The summed E-state index contributed by atoms with van der Waals surface area (Å²) >= 11 is 0. The second-order valence-corrected chi connectivity index (χ2v) is 7.45. The van der Waals surface area contributed by atoms with Crippen molar-refractivity contribution in [3.63, 3.8) is 0 Å². The molecule has 2 heterocycles. The van der Waals surface area contributed by atoms with Gasteiger partial charge in [0.1, 0.15) is 5.76 Å². The largest absolute Gasteiger partial charge is 0.468 e. The molecule has 1 aromatic heterocycles. The fourth-order valence-corrected chi connectivity index (χ4v) is 2.74. The van der Waals surface area contributed by atoms with E-state index in [-0.39, 0.29) is 5.54 Å². The van der Waals surface area contributed by atoms with Gasteiger partial charge in [0.2, 0.25) is 0 Å². The van der Waals surface area contributed by atoms with Crippen molar-refractivity contribution in [3.8, 4) is 0 Å². The first-order chi connectivity index (χ1) is 9.35. The van der Waals surface area contributed by atoms with E-state index in [1.165, 1.54) is 25.1 Å². The predicted molar refractivity (Wildman–Crippen MR) is 83.5 cm³/mol. The summed E-state index contributed by atoms with van der Waals surface area (Å²) in [6.07, 6.45) is 3.14. The summed E-state index contributed by atoms with van der Waals surface area (Å²) in [6, 6.07) is 2.13. The Morgan fingerprint density at radius 2 is 2.05 bits per heavy atom. The molecule has 1 saturated heterocycles. The maximum absolute atomic E-state index is 5.66. The highest BCUT2D eigenvalue weighted by molar-refractivity contribution is 5.17. The molecule has 1 aromatic rings. The van der Waals surface area contributed by atoms with Crippen molar-refractivity contribution in [3.05, 3.63) is 23.7 Å². The van der Waals surface area contributed by atoms with Crippen LogP contribution < -0.4 is 5.32 Å². The van der Waals surface area contributed by atoms with E-state index in [4.69, 9.17) is 4.42 Å². The zero-order valence-corrected chi connectivity index (χ0v) is 13.7. The number of likely N-dealkylation sites (tertiary alicyclic amines) is 1. The molecule has 1 N–H and O–H groups in total. The molecule has 114 valence electrons. The van der Waals surface area contributed by atoms with E-state index in [0.717, 1.165) is 30.7 Å². The Kier molecular flexibility index (Phi) is 4.92. The monoisotopic (exact) mass is 278 g/mol. The molecule has 3 heteroatoms. The van der Waals surface area contributed by atoms with Gasteiger partial charge in [0.25, 0.3) is 0 Å². The van der Waals surface area contributed by atoms with Gasteiger partial charge in [0, 0.05) is 24.2 Å². The van der Waals surface area contributed by atoms with E-state index >= 15 is 0 Å². The van der Waals surface area contributed by atoms with Crippen molar-refractivity contribution >= 4 is 0 Å². The first kappa shape index (κ1) is 15.6. The Morgan fingerprint density at radius 3 is 2.70 bits per heavy atom. The number of hydrogen-bond donors (Lipinski definition) is 1. The molecule has 20 heavy (non-hydrogen) atoms. The highest BCUT2D eigenvalue weighted by Crippen LogP contribution is 2.24. The molecule has 1 fully saturated rings. The molecule has 0 spiro atoms. The summed E-state index contributed by atoms with van der Waals surface area (Å²) in [7, 11) is 0. The summed E-state index contributed by atoms with van der Waals surface area (Å²) in [6.45, 7) is 15.5. The van der Waals surface area contributed by atoms with Gasteiger partial charge < -0.3 is 9.73 Å².